The summed E-state index contributed by atoms with van der Waals surface area (Å²) in [6.45, 7) is 7.77. The molecule has 0 radical (unpaired) electrons. The third-order valence-corrected chi connectivity index (χ3v) is 6.52. The Balaban J connectivity index is 1.62. The summed E-state index contributed by atoms with van der Waals surface area (Å²) in [6.07, 6.45) is 0.466. The number of rotatable bonds is 8. The fourth-order valence-corrected chi connectivity index (χ4v) is 4.08. The second kappa shape index (κ2) is 9.72. The molecule has 3 aromatic rings. The first-order valence-corrected chi connectivity index (χ1v) is 11.9. The molecule has 174 valence electrons. The predicted molar refractivity (Wildman–Crippen MR) is 124 cm³/mol. The van der Waals surface area contributed by atoms with Crippen LogP contribution in [0.3, 0.4) is 0 Å². The number of Topliss-reactive ketones (excluding diaryl/α,β-unsaturated/α-hetero) is 1. The molecule has 1 atom stereocenters. The molecule has 0 bridgehead atoms. The van der Waals surface area contributed by atoms with Gasteiger partial charge in [-0.3, -0.25) is 4.79 Å². The number of sulfonamides is 1. The SMILES string of the molecule is C[C@@H](OC(=O)c1ccc(S(=O)(=O)NCc2ccco2)cc1)C(=O)c1ccc(C(C)(C)C)cc1. The first kappa shape index (κ1) is 24.4. The predicted octanol–water partition coefficient (Wildman–Crippen LogP) is 4.48. The van der Waals surface area contributed by atoms with E-state index in [4.69, 9.17) is 9.15 Å². The van der Waals surface area contributed by atoms with Crippen molar-refractivity contribution in [3.8, 4) is 0 Å². The second-order valence-corrected chi connectivity index (χ2v) is 10.4. The highest BCUT2D eigenvalue weighted by atomic mass is 32.2. The van der Waals surface area contributed by atoms with E-state index in [2.05, 4.69) is 25.5 Å². The topological polar surface area (TPSA) is 103 Å². The Kier molecular flexibility index (Phi) is 7.19. The van der Waals surface area contributed by atoms with E-state index < -0.39 is 22.1 Å². The molecule has 0 aliphatic heterocycles. The van der Waals surface area contributed by atoms with Gasteiger partial charge in [-0.25, -0.2) is 17.9 Å². The molecule has 1 aromatic heterocycles. The Bertz CT molecular complexity index is 1210. The third kappa shape index (κ3) is 6.18. The second-order valence-electron chi connectivity index (χ2n) is 8.67. The van der Waals surface area contributed by atoms with Gasteiger partial charge in [0.05, 0.1) is 23.3 Å². The Morgan fingerprint density at radius 1 is 0.970 bits per heavy atom. The van der Waals surface area contributed by atoms with Gasteiger partial charge in [0.15, 0.2) is 6.10 Å². The first-order valence-electron chi connectivity index (χ1n) is 10.5. The maximum Gasteiger partial charge on any atom is 0.338 e. The number of nitrogens with one attached hydrogen (secondary N) is 1. The lowest BCUT2D eigenvalue weighted by atomic mass is 9.86. The minimum absolute atomic E-state index is 0.00586. The Labute approximate surface area is 193 Å². The van der Waals surface area contributed by atoms with Crippen LogP contribution in [0.1, 0.15) is 59.7 Å². The van der Waals surface area contributed by atoms with Crippen molar-refractivity contribution in [2.24, 2.45) is 0 Å². The molecule has 0 aliphatic carbocycles. The highest BCUT2D eigenvalue weighted by Crippen LogP contribution is 2.23. The summed E-state index contributed by atoms with van der Waals surface area (Å²) in [5.41, 5.74) is 1.65. The molecule has 7 nitrogen and oxygen atoms in total. The van der Waals surface area contributed by atoms with E-state index in [1.165, 1.54) is 37.5 Å². The number of ketones is 1. The van der Waals surface area contributed by atoms with Crippen LogP contribution in [0.25, 0.3) is 0 Å². The van der Waals surface area contributed by atoms with Crippen LogP contribution in [0, 0.1) is 0 Å². The summed E-state index contributed by atoms with van der Waals surface area (Å²) >= 11 is 0. The van der Waals surface area contributed by atoms with Crippen molar-refractivity contribution in [1.29, 1.82) is 0 Å². The Hall–Kier alpha value is -3.23. The molecule has 0 saturated heterocycles. The fraction of sp³-hybridized carbons (Fsp3) is 0.280. The number of ether oxygens (including phenoxy) is 1. The molecule has 0 unspecified atom stereocenters. The molecular formula is C25H27NO6S. The highest BCUT2D eigenvalue weighted by molar-refractivity contribution is 7.89. The lowest BCUT2D eigenvalue weighted by Crippen LogP contribution is -2.25. The Morgan fingerprint density at radius 2 is 1.58 bits per heavy atom. The standard InChI is InChI=1S/C25H27NO6S/c1-17(23(27)18-7-11-20(12-8-18)25(2,3)4)32-24(28)19-9-13-22(14-10-19)33(29,30)26-16-21-6-5-15-31-21/h5-15,17,26H,16H2,1-4H3/t17-/m1/s1. The molecule has 2 aromatic carbocycles. The third-order valence-electron chi connectivity index (χ3n) is 5.11. The van der Waals surface area contributed by atoms with Gasteiger partial charge in [-0.15, -0.1) is 0 Å². The number of carbonyl (C=O) groups excluding carboxylic acids is 2. The quantitative estimate of drug-likeness (QED) is 0.385. The molecule has 0 spiro atoms. The van der Waals surface area contributed by atoms with Crippen molar-refractivity contribution in [3.05, 3.63) is 89.4 Å². The van der Waals surface area contributed by atoms with Crippen LogP contribution in [-0.4, -0.2) is 26.3 Å². The van der Waals surface area contributed by atoms with E-state index in [9.17, 15) is 18.0 Å². The summed E-state index contributed by atoms with van der Waals surface area (Å²) in [5.74, 6) is -0.551. The van der Waals surface area contributed by atoms with E-state index in [-0.39, 0.29) is 28.2 Å². The van der Waals surface area contributed by atoms with Crippen molar-refractivity contribution < 1.29 is 27.2 Å². The van der Waals surface area contributed by atoms with Gasteiger partial charge < -0.3 is 9.15 Å². The minimum atomic E-state index is -3.78. The van der Waals surface area contributed by atoms with E-state index in [1.807, 2.05) is 12.1 Å². The average Bonchev–Trinajstić information content (AvgIpc) is 3.30. The zero-order chi connectivity index (χ0) is 24.2. The molecule has 0 fully saturated rings. The Morgan fingerprint density at radius 3 is 2.12 bits per heavy atom. The molecule has 33 heavy (non-hydrogen) atoms. The number of furan rings is 1. The van der Waals surface area contributed by atoms with E-state index in [1.54, 1.807) is 24.3 Å². The van der Waals surface area contributed by atoms with Gasteiger partial charge in [-0.05, 0) is 54.3 Å². The van der Waals surface area contributed by atoms with Crippen LogP contribution in [0.15, 0.2) is 76.2 Å². The average molecular weight is 470 g/mol. The van der Waals surface area contributed by atoms with Crippen LogP contribution in [0.2, 0.25) is 0 Å². The van der Waals surface area contributed by atoms with Crippen molar-refractivity contribution in [2.45, 2.75) is 50.7 Å². The summed E-state index contributed by atoms with van der Waals surface area (Å²) in [6, 6.07) is 15.8. The van der Waals surface area contributed by atoms with Gasteiger partial charge >= 0.3 is 5.97 Å². The van der Waals surface area contributed by atoms with Crippen molar-refractivity contribution in [2.75, 3.05) is 0 Å². The minimum Gasteiger partial charge on any atom is -0.468 e. The zero-order valence-electron chi connectivity index (χ0n) is 19.0. The van der Waals surface area contributed by atoms with E-state index in [0.29, 0.717) is 11.3 Å². The molecular weight excluding hydrogens is 442 g/mol. The maximum absolute atomic E-state index is 12.7. The summed E-state index contributed by atoms with van der Waals surface area (Å²) < 4.78 is 37.6. The fourth-order valence-electron chi connectivity index (χ4n) is 3.08. The molecule has 0 amide bonds. The monoisotopic (exact) mass is 469 g/mol. The van der Waals surface area contributed by atoms with Crippen LogP contribution in [-0.2, 0) is 26.7 Å². The zero-order valence-corrected chi connectivity index (χ0v) is 19.8. The first-order chi connectivity index (χ1) is 15.5. The number of hydrogen-bond acceptors (Lipinski definition) is 6. The van der Waals surface area contributed by atoms with Gasteiger partial charge in [-0.1, -0.05) is 45.0 Å². The number of carbonyl (C=O) groups is 2. The van der Waals surface area contributed by atoms with Crippen molar-refractivity contribution in [1.82, 2.24) is 4.72 Å². The molecule has 8 heteroatoms. The van der Waals surface area contributed by atoms with Crippen LogP contribution in [0.4, 0.5) is 0 Å². The number of benzene rings is 2. The highest BCUT2D eigenvalue weighted by Gasteiger charge is 2.22. The van der Waals surface area contributed by atoms with Crippen molar-refractivity contribution >= 4 is 21.8 Å². The molecule has 3 rings (SSSR count). The molecule has 0 aliphatic rings. The van der Waals surface area contributed by atoms with Gasteiger partial charge in [0, 0.05) is 5.56 Å². The summed E-state index contributed by atoms with van der Waals surface area (Å²) in [5, 5.41) is 0. The van der Waals surface area contributed by atoms with E-state index >= 15 is 0 Å². The smallest absolute Gasteiger partial charge is 0.338 e. The number of esters is 1. The van der Waals surface area contributed by atoms with Gasteiger partial charge in [0.25, 0.3) is 0 Å². The largest absolute Gasteiger partial charge is 0.468 e. The normalized spacial score (nSPS) is 12.8. The van der Waals surface area contributed by atoms with Crippen LogP contribution < -0.4 is 4.72 Å². The van der Waals surface area contributed by atoms with Crippen LogP contribution in [0.5, 0.6) is 0 Å². The summed E-state index contributed by atoms with van der Waals surface area (Å²) in [7, 11) is -3.78. The van der Waals surface area contributed by atoms with Gasteiger partial charge in [0.2, 0.25) is 15.8 Å². The van der Waals surface area contributed by atoms with Gasteiger partial charge in [0.1, 0.15) is 5.76 Å². The molecule has 1 N–H and O–H groups in total. The lowest BCUT2D eigenvalue weighted by Gasteiger charge is -2.19. The maximum atomic E-state index is 12.7. The van der Waals surface area contributed by atoms with E-state index in [0.717, 1.165) is 5.56 Å². The molecule has 1 heterocycles. The van der Waals surface area contributed by atoms with Crippen molar-refractivity contribution in [3.63, 3.8) is 0 Å². The lowest BCUT2D eigenvalue weighted by molar-refractivity contribution is 0.0318. The van der Waals surface area contributed by atoms with Gasteiger partial charge in [-0.2, -0.15) is 0 Å². The summed E-state index contributed by atoms with van der Waals surface area (Å²) in [4.78, 5) is 25.1. The molecule has 0 saturated carbocycles. The van der Waals surface area contributed by atoms with Crippen LogP contribution >= 0.6 is 0 Å². The number of hydrogen-bond donors (Lipinski definition) is 1.